The second-order valence-electron chi connectivity index (χ2n) is 7.33. The van der Waals surface area contributed by atoms with Gasteiger partial charge in [-0.05, 0) is 77.5 Å². The molecule has 6 nitrogen and oxygen atoms in total. The zero-order valence-corrected chi connectivity index (χ0v) is 19.4. The quantitative estimate of drug-likeness (QED) is 0.424. The van der Waals surface area contributed by atoms with Crippen molar-refractivity contribution in [1.29, 1.82) is 0 Å². The molecule has 1 fully saturated rings. The first kappa shape index (κ1) is 23.5. The molecule has 3 aromatic carbocycles. The number of nitrogens with zero attached hydrogens (tertiary/aromatic N) is 2. The highest BCUT2D eigenvalue weighted by atomic mass is 35.5. The molecule has 4 rings (SSSR count). The van der Waals surface area contributed by atoms with Crippen molar-refractivity contribution in [2.45, 2.75) is 6.61 Å². The molecular weight excluding hydrogens is 479 g/mol. The Kier molecular flexibility index (Phi) is 7.00. The van der Waals surface area contributed by atoms with Crippen molar-refractivity contribution < 1.29 is 23.8 Å². The van der Waals surface area contributed by atoms with Crippen LogP contribution in [0.1, 0.15) is 21.5 Å². The zero-order valence-electron chi connectivity index (χ0n) is 17.9. The van der Waals surface area contributed by atoms with Gasteiger partial charge in [0.2, 0.25) is 0 Å². The van der Waals surface area contributed by atoms with Gasteiger partial charge in [0.05, 0.1) is 21.2 Å². The number of hydrogen-bond acceptors (Lipinski definition) is 5. The molecule has 0 spiro atoms. The molecule has 172 valence electrons. The van der Waals surface area contributed by atoms with Crippen molar-refractivity contribution in [2.75, 3.05) is 7.05 Å². The zero-order chi connectivity index (χ0) is 24.2. The summed E-state index contributed by atoms with van der Waals surface area (Å²) in [6.07, 6.45) is 1.72. The van der Waals surface area contributed by atoms with Gasteiger partial charge in [0.15, 0.2) is 5.17 Å². The maximum absolute atomic E-state index is 13.0. The molecule has 1 aliphatic heterocycles. The summed E-state index contributed by atoms with van der Waals surface area (Å²) in [6.45, 7) is 0.243. The summed E-state index contributed by atoms with van der Waals surface area (Å²) in [5, 5.41) is 9.87. The normalized spacial score (nSPS) is 15.9. The Morgan fingerprint density at radius 2 is 1.85 bits per heavy atom. The van der Waals surface area contributed by atoms with Gasteiger partial charge in [-0.25, -0.2) is 14.2 Å². The molecule has 0 unspecified atom stereocenters. The number of aliphatic imine (C=N–C) groups is 1. The van der Waals surface area contributed by atoms with E-state index >= 15 is 0 Å². The van der Waals surface area contributed by atoms with E-state index in [0.717, 1.165) is 11.1 Å². The predicted molar refractivity (Wildman–Crippen MR) is 131 cm³/mol. The third-order valence-electron chi connectivity index (χ3n) is 4.90. The molecule has 1 amide bonds. The highest BCUT2D eigenvalue weighted by Crippen LogP contribution is 2.34. The molecule has 1 saturated heterocycles. The minimum Gasteiger partial charge on any atom is -0.487 e. The number of thioether (sulfide) groups is 1. The average Bonchev–Trinajstić information content (AvgIpc) is 3.07. The lowest BCUT2D eigenvalue weighted by Crippen LogP contribution is -2.23. The predicted octanol–water partition coefficient (Wildman–Crippen LogP) is 5.99. The van der Waals surface area contributed by atoms with E-state index in [1.54, 1.807) is 55.6 Å². The van der Waals surface area contributed by atoms with Crippen LogP contribution in [0, 0.1) is 5.82 Å². The number of carboxylic acids is 1. The summed E-state index contributed by atoms with van der Waals surface area (Å²) in [6, 6.07) is 17.3. The van der Waals surface area contributed by atoms with Crippen LogP contribution in [0.4, 0.5) is 10.1 Å². The van der Waals surface area contributed by atoms with Gasteiger partial charge in [0, 0.05) is 7.05 Å². The number of carbonyl (C=O) groups excluding carboxylic acids is 1. The van der Waals surface area contributed by atoms with E-state index in [1.807, 2.05) is 0 Å². The first-order chi connectivity index (χ1) is 16.3. The molecule has 0 atom stereocenters. The van der Waals surface area contributed by atoms with Gasteiger partial charge in [0.1, 0.15) is 18.2 Å². The SMILES string of the molecule is CN1C(=O)C(=Cc2ccc(OCc3ccc(F)cc3)c(Cl)c2)SC1=Nc1ccc(C(=O)O)cc1. The van der Waals surface area contributed by atoms with Crippen molar-refractivity contribution in [2.24, 2.45) is 4.99 Å². The van der Waals surface area contributed by atoms with Crippen LogP contribution < -0.4 is 4.74 Å². The van der Waals surface area contributed by atoms with Crippen molar-refractivity contribution >= 4 is 52.2 Å². The van der Waals surface area contributed by atoms with E-state index in [9.17, 15) is 14.0 Å². The van der Waals surface area contributed by atoms with Gasteiger partial charge in [-0.15, -0.1) is 0 Å². The number of likely N-dealkylation sites (N-methyl/N-ethyl adjacent to an activating group) is 1. The van der Waals surface area contributed by atoms with Crippen molar-refractivity contribution in [3.05, 3.63) is 99.2 Å². The minimum absolute atomic E-state index is 0.162. The van der Waals surface area contributed by atoms with E-state index in [2.05, 4.69) is 4.99 Å². The number of halogens is 2. The number of amides is 1. The second-order valence-corrected chi connectivity index (χ2v) is 8.74. The lowest BCUT2D eigenvalue weighted by molar-refractivity contribution is -0.121. The lowest BCUT2D eigenvalue weighted by atomic mass is 10.2. The molecule has 1 heterocycles. The number of benzene rings is 3. The molecule has 3 aromatic rings. The molecule has 0 aliphatic carbocycles. The Labute approximate surface area is 204 Å². The number of hydrogen-bond donors (Lipinski definition) is 1. The fourth-order valence-electron chi connectivity index (χ4n) is 3.06. The molecular formula is C25H18ClFN2O4S. The summed E-state index contributed by atoms with van der Waals surface area (Å²) < 4.78 is 18.7. The molecule has 9 heteroatoms. The molecule has 0 saturated carbocycles. The number of rotatable bonds is 6. The van der Waals surface area contributed by atoms with Gasteiger partial charge >= 0.3 is 5.97 Å². The summed E-state index contributed by atoms with van der Waals surface area (Å²) in [7, 11) is 1.62. The van der Waals surface area contributed by atoms with Gasteiger partial charge in [0.25, 0.3) is 5.91 Å². The standard InChI is InChI=1S/C25H18ClFN2O4S/c1-29-23(30)22(34-25(29)28-19-9-5-17(6-10-19)24(31)32)13-16-4-11-21(20(26)12-16)33-14-15-2-7-18(27)8-3-15/h2-13H,14H2,1H3,(H,31,32). The molecule has 1 N–H and O–H groups in total. The van der Waals surface area contributed by atoms with Crippen LogP contribution in [0.25, 0.3) is 6.08 Å². The number of ether oxygens (including phenoxy) is 1. The third kappa shape index (κ3) is 5.47. The van der Waals surface area contributed by atoms with E-state index in [1.165, 1.54) is 40.9 Å². The van der Waals surface area contributed by atoms with E-state index in [-0.39, 0.29) is 23.9 Å². The van der Waals surface area contributed by atoms with Gasteiger partial charge in [-0.3, -0.25) is 9.69 Å². The monoisotopic (exact) mass is 496 g/mol. The average molecular weight is 497 g/mol. The van der Waals surface area contributed by atoms with Crippen molar-refractivity contribution in [1.82, 2.24) is 4.90 Å². The van der Waals surface area contributed by atoms with Crippen LogP contribution in [0.5, 0.6) is 5.75 Å². The van der Waals surface area contributed by atoms with Crippen LogP contribution in [0.3, 0.4) is 0 Å². The van der Waals surface area contributed by atoms with Crippen LogP contribution in [-0.4, -0.2) is 34.1 Å². The molecule has 0 radical (unpaired) electrons. The maximum atomic E-state index is 13.0. The molecule has 1 aliphatic rings. The summed E-state index contributed by atoms with van der Waals surface area (Å²) in [5.74, 6) is -1.06. The van der Waals surface area contributed by atoms with Crippen LogP contribution in [0.15, 0.2) is 76.6 Å². The van der Waals surface area contributed by atoms with Crippen molar-refractivity contribution in [3.63, 3.8) is 0 Å². The molecule has 34 heavy (non-hydrogen) atoms. The molecule has 0 bridgehead atoms. The fraction of sp³-hybridized carbons (Fsp3) is 0.0800. The number of amidine groups is 1. The van der Waals surface area contributed by atoms with Gasteiger partial charge in [-0.2, -0.15) is 0 Å². The molecule has 0 aromatic heterocycles. The number of aromatic carboxylic acids is 1. The first-order valence-corrected chi connectivity index (χ1v) is 11.3. The summed E-state index contributed by atoms with van der Waals surface area (Å²) >= 11 is 7.57. The maximum Gasteiger partial charge on any atom is 0.335 e. The van der Waals surface area contributed by atoms with Crippen LogP contribution >= 0.6 is 23.4 Å². The Bertz CT molecular complexity index is 1310. The second kappa shape index (κ2) is 10.1. The van der Waals surface area contributed by atoms with Crippen LogP contribution in [-0.2, 0) is 11.4 Å². The highest BCUT2D eigenvalue weighted by molar-refractivity contribution is 8.18. The minimum atomic E-state index is -1.02. The summed E-state index contributed by atoms with van der Waals surface area (Å²) in [5.41, 5.74) is 2.23. The Morgan fingerprint density at radius 3 is 2.50 bits per heavy atom. The largest absolute Gasteiger partial charge is 0.487 e. The fourth-order valence-corrected chi connectivity index (χ4v) is 4.29. The highest BCUT2D eigenvalue weighted by Gasteiger charge is 2.30. The van der Waals surface area contributed by atoms with Crippen molar-refractivity contribution in [3.8, 4) is 5.75 Å². The lowest BCUT2D eigenvalue weighted by Gasteiger charge is -2.09. The summed E-state index contributed by atoms with van der Waals surface area (Å²) in [4.78, 5) is 30.0. The Balaban J connectivity index is 1.47. The van der Waals surface area contributed by atoms with E-state index in [0.29, 0.717) is 26.5 Å². The van der Waals surface area contributed by atoms with Gasteiger partial charge < -0.3 is 9.84 Å². The Hall–Kier alpha value is -3.62. The Morgan fingerprint density at radius 1 is 1.15 bits per heavy atom. The van der Waals surface area contributed by atoms with E-state index < -0.39 is 5.97 Å². The number of carboxylic acid groups (broad SMARTS) is 1. The topological polar surface area (TPSA) is 79.2 Å². The third-order valence-corrected chi connectivity index (χ3v) is 6.26. The smallest absolute Gasteiger partial charge is 0.335 e. The number of carbonyl (C=O) groups is 2. The first-order valence-electron chi connectivity index (χ1n) is 10.1. The van der Waals surface area contributed by atoms with Crippen LogP contribution in [0.2, 0.25) is 5.02 Å². The van der Waals surface area contributed by atoms with Gasteiger partial charge in [-0.1, -0.05) is 29.8 Å². The van der Waals surface area contributed by atoms with E-state index in [4.69, 9.17) is 21.4 Å².